The Balaban J connectivity index is 1.64. The molecule has 0 aliphatic carbocycles. The number of hydrogen-bond acceptors (Lipinski definition) is 4. The molecule has 1 atom stereocenters. The summed E-state index contributed by atoms with van der Waals surface area (Å²) in [6, 6.07) is 18.1. The van der Waals surface area contributed by atoms with E-state index in [0.717, 1.165) is 17.4 Å². The number of hydrogen-bond donors (Lipinski definition) is 1. The lowest BCUT2D eigenvalue weighted by Crippen LogP contribution is -2.33. The summed E-state index contributed by atoms with van der Waals surface area (Å²) in [5.74, 6) is 0.728. The summed E-state index contributed by atoms with van der Waals surface area (Å²) in [4.78, 5) is 23.7. The second-order valence-corrected chi connectivity index (χ2v) is 6.90. The van der Waals surface area contributed by atoms with Crippen LogP contribution in [-0.4, -0.2) is 12.5 Å². The van der Waals surface area contributed by atoms with Crippen LogP contribution in [0.4, 0.5) is 0 Å². The molecule has 1 heterocycles. The van der Waals surface area contributed by atoms with Gasteiger partial charge in [-0.3, -0.25) is 4.79 Å². The molecule has 3 aromatic rings. The predicted octanol–water partition coefficient (Wildman–Crippen LogP) is 4.08. The van der Waals surface area contributed by atoms with Crippen LogP contribution in [0.25, 0.3) is 11.0 Å². The Labute approximate surface area is 158 Å². The number of amides is 1. The first-order valence-electron chi connectivity index (χ1n) is 9.02. The molecule has 0 saturated carbocycles. The smallest absolute Gasteiger partial charge is 0.336 e. The molecule has 5 nitrogen and oxygen atoms in total. The van der Waals surface area contributed by atoms with Gasteiger partial charge in [-0.05, 0) is 36.1 Å². The lowest BCUT2D eigenvalue weighted by atomic mass is 9.97. The second kappa shape index (κ2) is 8.54. The van der Waals surface area contributed by atoms with E-state index < -0.39 is 5.63 Å². The molecule has 0 radical (unpaired) electrons. The van der Waals surface area contributed by atoms with E-state index >= 15 is 0 Å². The van der Waals surface area contributed by atoms with Crippen molar-refractivity contribution < 1.29 is 13.9 Å². The monoisotopic (exact) mass is 365 g/mol. The average molecular weight is 365 g/mol. The van der Waals surface area contributed by atoms with E-state index in [1.807, 2.05) is 30.3 Å². The lowest BCUT2D eigenvalue weighted by Gasteiger charge is -2.21. The Morgan fingerprint density at radius 3 is 2.56 bits per heavy atom. The van der Waals surface area contributed by atoms with Crippen molar-refractivity contribution >= 4 is 16.9 Å². The summed E-state index contributed by atoms with van der Waals surface area (Å²) in [5.41, 5.74) is 1.09. The minimum atomic E-state index is -0.420. The van der Waals surface area contributed by atoms with Crippen molar-refractivity contribution in [2.75, 3.05) is 6.61 Å². The van der Waals surface area contributed by atoms with Crippen molar-refractivity contribution in [1.29, 1.82) is 0 Å². The molecule has 140 valence electrons. The quantitative estimate of drug-likeness (QED) is 0.641. The fourth-order valence-corrected chi connectivity index (χ4v) is 2.95. The van der Waals surface area contributed by atoms with Crippen LogP contribution >= 0.6 is 0 Å². The Kier molecular flexibility index (Phi) is 5.91. The predicted molar refractivity (Wildman–Crippen MR) is 105 cm³/mol. The molecule has 1 unspecified atom stereocenters. The van der Waals surface area contributed by atoms with E-state index in [1.165, 1.54) is 6.07 Å². The maximum atomic E-state index is 12.4. The van der Waals surface area contributed by atoms with Crippen molar-refractivity contribution in [1.82, 2.24) is 5.32 Å². The normalized spacial score (nSPS) is 12.1. The Morgan fingerprint density at radius 1 is 1.07 bits per heavy atom. The molecule has 1 N–H and O–H groups in total. The molecule has 3 rings (SSSR count). The summed E-state index contributed by atoms with van der Waals surface area (Å²) in [5, 5.41) is 3.84. The summed E-state index contributed by atoms with van der Waals surface area (Å²) in [6.45, 7) is 4.15. The van der Waals surface area contributed by atoms with Crippen LogP contribution < -0.4 is 15.7 Å². The zero-order chi connectivity index (χ0) is 19.2. The minimum Gasteiger partial charge on any atom is -0.484 e. The highest BCUT2D eigenvalue weighted by Gasteiger charge is 2.16. The zero-order valence-electron chi connectivity index (χ0n) is 15.5. The van der Waals surface area contributed by atoms with Crippen molar-refractivity contribution in [3.05, 3.63) is 76.6 Å². The molecule has 5 heteroatoms. The lowest BCUT2D eigenvalue weighted by molar-refractivity contribution is -0.124. The first-order chi connectivity index (χ1) is 13.0. The molecule has 27 heavy (non-hydrogen) atoms. The number of nitrogens with one attached hydrogen (secondary N) is 1. The molecule has 0 saturated heterocycles. The first-order valence-corrected chi connectivity index (χ1v) is 9.02. The van der Waals surface area contributed by atoms with Crippen molar-refractivity contribution in [2.24, 2.45) is 5.92 Å². The molecule has 0 aliphatic heterocycles. The molecule has 2 aromatic carbocycles. The van der Waals surface area contributed by atoms with E-state index in [9.17, 15) is 9.59 Å². The second-order valence-electron chi connectivity index (χ2n) is 6.90. The van der Waals surface area contributed by atoms with Crippen LogP contribution in [0.1, 0.15) is 31.9 Å². The Bertz CT molecular complexity index is 963. The van der Waals surface area contributed by atoms with Crippen LogP contribution in [-0.2, 0) is 4.79 Å². The number of fused-ring (bicyclic) bond motifs is 1. The van der Waals surface area contributed by atoms with Crippen LogP contribution in [0, 0.1) is 5.92 Å². The molecular formula is C22H23NO4. The van der Waals surface area contributed by atoms with Gasteiger partial charge in [0.25, 0.3) is 5.91 Å². The van der Waals surface area contributed by atoms with E-state index in [4.69, 9.17) is 9.15 Å². The van der Waals surface area contributed by atoms with Gasteiger partial charge in [-0.1, -0.05) is 44.2 Å². The van der Waals surface area contributed by atoms with Crippen LogP contribution in [0.2, 0.25) is 0 Å². The van der Waals surface area contributed by atoms with Gasteiger partial charge in [-0.2, -0.15) is 0 Å². The maximum absolute atomic E-state index is 12.4. The van der Waals surface area contributed by atoms with Gasteiger partial charge in [0, 0.05) is 17.5 Å². The number of benzene rings is 2. The third-order valence-electron chi connectivity index (χ3n) is 4.21. The van der Waals surface area contributed by atoms with E-state index in [2.05, 4.69) is 19.2 Å². The fourth-order valence-electron chi connectivity index (χ4n) is 2.95. The molecule has 0 bridgehead atoms. The van der Waals surface area contributed by atoms with Crippen molar-refractivity contribution in [2.45, 2.75) is 26.3 Å². The molecular weight excluding hydrogens is 342 g/mol. The van der Waals surface area contributed by atoms with Gasteiger partial charge in [0.05, 0.1) is 6.04 Å². The topological polar surface area (TPSA) is 68.5 Å². The summed E-state index contributed by atoms with van der Waals surface area (Å²) >= 11 is 0. The Morgan fingerprint density at radius 2 is 1.81 bits per heavy atom. The number of carbonyl (C=O) groups excluding carboxylic acids is 1. The summed E-state index contributed by atoms with van der Waals surface area (Å²) < 4.78 is 10.7. The van der Waals surface area contributed by atoms with E-state index in [1.54, 1.807) is 24.3 Å². The van der Waals surface area contributed by atoms with Gasteiger partial charge < -0.3 is 14.5 Å². The van der Waals surface area contributed by atoms with Gasteiger partial charge in [-0.15, -0.1) is 0 Å². The van der Waals surface area contributed by atoms with Crippen LogP contribution in [0.5, 0.6) is 5.75 Å². The van der Waals surface area contributed by atoms with Gasteiger partial charge >= 0.3 is 5.63 Å². The standard InChI is InChI=1S/C22H23NO4/c1-15(2)12-19(16-6-4-3-5-7-16)23-21(24)14-26-18-10-8-17-9-11-22(25)27-20(17)13-18/h3-11,13,15,19H,12,14H2,1-2H3,(H,23,24). The van der Waals surface area contributed by atoms with Crippen LogP contribution in [0.3, 0.4) is 0 Å². The molecule has 0 fully saturated rings. The highest BCUT2D eigenvalue weighted by atomic mass is 16.5. The number of carbonyl (C=O) groups is 1. The molecule has 0 aliphatic rings. The number of ether oxygens (including phenoxy) is 1. The summed E-state index contributed by atoms with van der Waals surface area (Å²) in [7, 11) is 0. The highest BCUT2D eigenvalue weighted by molar-refractivity contribution is 5.79. The molecule has 1 aromatic heterocycles. The van der Waals surface area contributed by atoms with Crippen LogP contribution in [0.15, 0.2) is 69.9 Å². The summed E-state index contributed by atoms with van der Waals surface area (Å²) in [6.07, 6.45) is 0.844. The van der Waals surface area contributed by atoms with E-state index in [-0.39, 0.29) is 18.6 Å². The Hall–Kier alpha value is -3.08. The number of rotatable bonds is 7. The molecule has 0 spiro atoms. The largest absolute Gasteiger partial charge is 0.484 e. The average Bonchev–Trinajstić information content (AvgIpc) is 2.66. The minimum absolute atomic E-state index is 0.0584. The van der Waals surface area contributed by atoms with Gasteiger partial charge in [0.2, 0.25) is 0 Å². The van der Waals surface area contributed by atoms with E-state index in [0.29, 0.717) is 17.3 Å². The van der Waals surface area contributed by atoms with Gasteiger partial charge in [0.1, 0.15) is 11.3 Å². The third-order valence-corrected chi connectivity index (χ3v) is 4.21. The van der Waals surface area contributed by atoms with Gasteiger partial charge in [-0.25, -0.2) is 4.79 Å². The maximum Gasteiger partial charge on any atom is 0.336 e. The fraction of sp³-hybridized carbons (Fsp3) is 0.273. The van der Waals surface area contributed by atoms with Crippen molar-refractivity contribution in [3.63, 3.8) is 0 Å². The first kappa shape index (κ1) is 18.7. The SMILES string of the molecule is CC(C)CC(NC(=O)COc1ccc2ccc(=O)oc2c1)c1ccccc1. The van der Waals surface area contributed by atoms with Crippen molar-refractivity contribution in [3.8, 4) is 5.75 Å². The van der Waals surface area contributed by atoms with Gasteiger partial charge in [0.15, 0.2) is 6.61 Å². The molecule has 1 amide bonds. The third kappa shape index (κ3) is 5.20. The highest BCUT2D eigenvalue weighted by Crippen LogP contribution is 2.22. The zero-order valence-corrected chi connectivity index (χ0v) is 15.5.